The Labute approximate surface area is 166 Å². The Hall–Kier alpha value is -2.77. The van der Waals surface area contributed by atoms with Crippen LogP contribution in [0, 0.1) is 16.7 Å². The number of aromatic amines is 1. The molecule has 0 spiro atoms. The number of para-hydroxylation sites is 2. The lowest BCUT2D eigenvalue weighted by Crippen LogP contribution is -2.20. The van der Waals surface area contributed by atoms with Crippen LogP contribution in [0.25, 0.3) is 10.9 Å². The molecule has 3 aromatic rings. The number of hydrogen-bond donors (Lipinski definition) is 2. The van der Waals surface area contributed by atoms with Crippen molar-refractivity contribution in [3.05, 3.63) is 65.9 Å². The van der Waals surface area contributed by atoms with Crippen LogP contribution in [0.4, 0.5) is 0 Å². The number of hydrogen-bond acceptors (Lipinski definition) is 3. The van der Waals surface area contributed by atoms with E-state index in [-0.39, 0.29) is 12.0 Å². The quantitative estimate of drug-likeness (QED) is 0.538. The Bertz CT molecular complexity index is 952. The van der Waals surface area contributed by atoms with Crippen molar-refractivity contribution in [3.8, 4) is 11.8 Å². The van der Waals surface area contributed by atoms with E-state index in [0.29, 0.717) is 17.7 Å². The van der Waals surface area contributed by atoms with E-state index in [1.807, 2.05) is 12.1 Å². The number of benzene rings is 2. The number of aliphatic hydroxyl groups is 1. The molecule has 3 rings (SSSR count). The van der Waals surface area contributed by atoms with Gasteiger partial charge in [0, 0.05) is 17.1 Å². The zero-order chi connectivity index (χ0) is 20.0. The lowest BCUT2D eigenvalue weighted by Gasteiger charge is -2.25. The molecule has 4 nitrogen and oxygen atoms in total. The van der Waals surface area contributed by atoms with Crippen LogP contribution in [-0.2, 0) is 6.42 Å². The van der Waals surface area contributed by atoms with Gasteiger partial charge in [-0.3, -0.25) is 0 Å². The zero-order valence-corrected chi connectivity index (χ0v) is 16.6. The predicted molar refractivity (Wildman–Crippen MR) is 112 cm³/mol. The smallest absolute Gasteiger partial charge is 0.137 e. The largest absolute Gasteiger partial charge is 0.490 e. The van der Waals surface area contributed by atoms with Gasteiger partial charge in [0.15, 0.2) is 0 Å². The molecule has 1 heterocycles. The number of nitriles is 1. The minimum Gasteiger partial charge on any atom is -0.490 e. The number of nitrogens with zero attached hydrogens (tertiary/aromatic N) is 1. The average Bonchev–Trinajstić information content (AvgIpc) is 3.08. The Kier molecular flexibility index (Phi) is 6.38. The molecule has 0 amide bonds. The Morgan fingerprint density at radius 3 is 2.71 bits per heavy atom. The minimum atomic E-state index is -0.532. The lowest BCUT2D eigenvalue weighted by molar-refractivity contribution is 0.0942. The molecule has 0 bridgehead atoms. The lowest BCUT2D eigenvalue weighted by atomic mass is 9.81. The standard InChI is InChI=1S/C24H28N2O2/c1-24(2,14-19-16-26-22-11-5-4-10-21(19)22)13-7-9-20(27)17-28-23-12-6-3-8-18(23)15-25/h3-6,8,10-12,16,20,26-27H,7,9,13-14,17H2,1-2H3. The van der Waals surface area contributed by atoms with Gasteiger partial charge in [-0.2, -0.15) is 5.26 Å². The highest BCUT2D eigenvalue weighted by molar-refractivity contribution is 5.83. The van der Waals surface area contributed by atoms with Crippen molar-refractivity contribution in [2.45, 2.75) is 45.6 Å². The van der Waals surface area contributed by atoms with Gasteiger partial charge in [0.05, 0.1) is 11.7 Å². The third-order valence-electron chi connectivity index (χ3n) is 5.17. The summed E-state index contributed by atoms with van der Waals surface area (Å²) in [5.41, 5.74) is 3.17. The van der Waals surface area contributed by atoms with Crippen molar-refractivity contribution in [3.63, 3.8) is 0 Å². The van der Waals surface area contributed by atoms with Crippen LogP contribution in [0.5, 0.6) is 5.75 Å². The molecular formula is C24H28N2O2. The van der Waals surface area contributed by atoms with Gasteiger partial charge in [-0.25, -0.2) is 0 Å². The molecule has 0 aliphatic heterocycles. The molecule has 0 fully saturated rings. The van der Waals surface area contributed by atoms with Gasteiger partial charge >= 0.3 is 0 Å². The molecule has 1 aromatic heterocycles. The molecule has 2 N–H and O–H groups in total. The van der Waals surface area contributed by atoms with E-state index in [4.69, 9.17) is 10.00 Å². The van der Waals surface area contributed by atoms with Crippen LogP contribution in [0.1, 0.15) is 44.2 Å². The summed E-state index contributed by atoms with van der Waals surface area (Å²) in [7, 11) is 0. The van der Waals surface area contributed by atoms with Crippen LogP contribution >= 0.6 is 0 Å². The first-order valence-corrected chi connectivity index (χ1v) is 9.83. The summed E-state index contributed by atoms with van der Waals surface area (Å²) in [6.45, 7) is 4.77. The van der Waals surface area contributed by atoms with Gasteiger partial charge in [-0.05, 0) is 48.4 Å². The molecule has 28 heavy (non-hydrogen) atoms. The normalized spacial score (nSPS) is 12.6. The highest BCUT2D eigenvalue weighted by Gasteiger charge is 2.21. The molecule has 4 heteroatoms. The Balaban J connectivity index is 1.46. The van der Waals surface area contributed by atoms with Gasteiger partial charge in [0.25, 0.3) is 0 Å². The first-order valence-electron chi connectivity index (χ1n) is 9.83. The van der Waals surface area contributed by atoms with Crippen LogP contribution < -0.4 is 4.74 Å². The second kappa shape index (κ2) is 8.95. The van der Waals surface area contributed by atoms with E-state index in [1.165, 1.54) is 16.5 Å². The third-order valence-corrected chi connectivity index (χ3v) is 5.17. The fraction of sp³-hybridized carbons (Fsp3) is 0.375. The molecule has 0 aliphatic rings. The molecule has 0 saturated heterocycles. The SMILES string of the molecule is CC(C)(CCCC(O)COc1ccccc1C#N)Cc1c[nH]c2ccccc12. The average molecular weight is 377 g/mol. The second-order valence-corrected chi connectivity index (χ2v) is 8.17. The number of aliphatic hydroxyl groups excluding tert-OH is 1. The van der Waals surface area contributed by atoms with Crippen LogP contribution in [-0.4, -0.2) is 22.8 Å². The zero-order valence-electron chi connectivity index (χ0n) is 16.6. The Morgan fingerprint density at radius 1 is 1.14 bits per heavy atom. The molecule has 0 saturated carbocycles. The van der Waals surface area contributed by atoms with Crippen molar-refractivity contribution in [2.75, 3.05) is 6.61 Å². The summed E-state index contributed by atoms with van der Waals surface area (Å²) in [6.07, 6.45) is 5.22. The summed E-state index contributed by atoms with van der Waals surface area (Å²) in [5.74, 6) is 0.531. The van der Waals surface area contributed by atoms with Crippen LogP contribution in [0.2, 0.25) is 0 Å². The number of H-pyrrole nitrogens is 1. The molecular weight excluding hydrogens is 348 g/mol. The maximum absolute atomic E-state index is 10.3. The van der Waals surface area contributed by atoms with Gasteiger partial charge < -0.3 is 14.8 Å². The first-order chi connectivity index (χ1) is 13.5. The minimum absolute atomic E-state index is 0.152. The molecule has 2 aromatic carbocycles. The topological polar surface area (TPSA) is 69.0 Å². The van der Waals surface area contributed by atoms with Gasteiger partial charge in [-0.15, -0.1) is 0 Å². The fourth-order valence-corrected chi connectivity index (χ4v) is 3.65. The summed E-state index contributed by atoms with van der Waals surface area (Å²) in [5, 5.41) is 20.6. The maximum Gasteiger partial charge on any atom is 0.137 e. The molecule has 0 aliphatic carbocycles. The summed E-state index contributed by atoms with van der Waals surface area (Å²) >= 11 is 0. The first kappa shape index (κ1) is 20.0. The van der Waals surface area contributed by atoms with E-state index >= 15 is 0 Å². The summed E-state index contributed by atoms with van der Waals surface area (Å²) in [4.78, 5) is 3.35. The van der Waals surface area contributed by atoms with Crippen molar-refractivity contribution >= 4 is 10.9 Å². The molecule has 1 unspecified atom stereocenters. The number of aromatic nitrogens is 1. The van der Waals surface area contributed by atoms with Crippen molar-refractivity contribution < 1.29 is 9.84 Å². The van der Waals surface area contributed by atoms with E-state index in [0.717, 1.165) is 19.3 Å². The molecule has 0 radical (unpaired) electrons. The van der Waals surface area contributed by atoms with Gasteiger partial charge in [-0.1, -0.05) is 50.6 Å². The molecule has 146 valence electrons. The maximum atomic E-state index is 10.3. The van der Waals surface area contributed by atoms with E-state index in [1.54, 1.807) is 18.2 Å². The number of nitrogens with one attached hydrogen (secondary N) is 1. The van der Waals surface area contributed by atoms with Gasteiger partial charge in [0.2, 0.25) is 0 Å². The third kappa shape index (κ3) is 5.15. The van der Waals surface area contributed by atoms with Crippen molar-refractivity contribution in [1.82, 2.24) is 4.98 Å². The second-order valence-electron chi connectivity index (χ2n) is 8.17. The molecule has 1 atom stereocenters. The number of rotatable bonds is 9. The highest BCUT2D eigenvalue weighted by atomic mass is 16.5. The highest BCUT2D eigenvalue weighted by Crippen LogP contribution is 2.31. The Morgan fingerprint density at radius 2 is 1.89 bits per heavy atom. The number of ether oxygens (including phenoxy) is 1. The predicted octanol–water partition coefficient (Wildman–Crippen LogP) is 5.22. The van der Waals surface area contributed by atoms with E-state index < -0.39 is 6.10 Å². The van der Waals surface area contributed by atoms with E-state index in [2.05, 4.69) is 49.3 Å². The monoisotopic (exact) mass is 376 g/mol. The van der Waals surface area contributed by atoms with Crippen LogP contribution in [0.3, 0.4) is 0 Å². The summed E-state index contributed by atoms with van der Waals surface area (Å²) in [6, 6.07) is 17.6. The number of fused-ring (bicyclic) bond motifs is 1. The van der Waals surface area contributed by atoms with Crippen molar-refractivity contribution in [2.24, 2.45) is 5.41 Å². The van der Waals surface area contributed by atoms with Crippen LogP contribution in [0.15, 0.2) is 54.7 Å². The van der Waals surface area contributed by atoms with Crippen molar-refractivity contribution in [1.29, 1.82) is 5.26 Å². The van der Waals surface area contributed by atoms with E-state index in [9.17, 15) is 5.11 Å². The van der Waals surface area contributed by atoms with Gasteiger partial charge in [0.1, 0.15) is 18.4 Å². The fourth-order valence-electron chi connectivity index (χ4n) is 3.65. The summed E-state index contributed by atoms with van der Waals surface area (Å²) < 4.78 is 5.63.